The van der Waals surface area contributed by atoms with Crippen LogP contribution in [0.2, 0.25) is 0 Å². The van der Waals surface area contributed by atoms with Crippen molar-refractivity contribution in [3.63, 3.8) is 0 Å². The number of carbonyl (C=O) groups is 1. The fourth-order valence-corrected chi connectivity index (χ4v) is 2.74. The molecule has 1 N–H and O–H groups in total. The van der Waals surface area contributed by atoms with Gasteiger partial charge in [-0.2, -0.15) is 4.68 Å². The smallest absolute Gasteiger partial charge is 0.271 e. The maximum atomic E-state index is 13.1. The van der Waals surface area contributed by atoms with Gasteiger partial charge in [-0.3, -0.25) is 9.59 Å². The van der Waals surface area contributed by atoms with Gasteiger partial charge in [-0.15, -0.1) is 5.10 Å². The van der Waals surface area contributed by atoms with Crippen molar-refractivity contribution >= 4 is 5.91 Å². The van der Waals surface area contributed by atoms with Gasteiger partial charge in [-0.1, -0.05) is 19.1 Å². The number of hydrogen-bond acceptors (Lipinski definition) is 5. The molecule has 0 bridgehead atoms. The molecule has 0 saturated heterocycles. The van der Waals surface area contributed by atoms with Crippen molar-refractivity contribution in [2.45, 2.75) is 26.0 Å². The summed E-state index contributed by atoms with van der Waals surface area (Å²) in [5.41, 5.74) is 0.914. The minimum atomic E-state index is -0.782. The molecule has 0 saturated carbocycles. The van der Waals surface area contributed by atoms with E-state index >= 15 is 0 Å². The van der Waals surface area contributed by atoms with Crippen LogP contribution in [0.5, 0.6) is 11.6 Å². The lowest BCUT2D eigenvalue weighted by Gasteiger charge is -2.17. The first kappa shape index (κ1) is 21.0. The van der Waals surface area contributed by atoms with E-state index in [9.17, 15) is 14.0 Å². The van der Waals surface area contributed by atoms with Crippen molar-refractivity contribution in [1.29, 1.82) is 0 Å². The van der Waals surface area contributed by atoms with Gasteiger partial charge in [0, 0.05) is 18.7 Å². The van der Waals surface area contributed by atoms with Crippen molar-refractivity contribution in [1.82, 2.24) is 15.1 Å². The van der Waals surface area contributed by atoms with Crippen LogP contribution in [0.15, 0.2) is 65.5 Å². The number of aromatic nitrogens is 2. The molecular weight excluding hydrogens is 389 g/mol. The highest BCUT2D eigenvalue weighted by molar-refractivity contribution is 5.81. The zero-order valence-corrected chi connectivity index (χ0v) is 16.7. The maximum Gasteiger partial charge on any atom is 0.271 e. The third kappa shape index (κ3) is 5.22. The zero-order chi connectivity index (χ0) is 21.5. The van der Waals surface area contributed by atoms with Crippen molar-refractivity contribution in [3.05, 3.63) is 82.4 Å². The van der Waals surface area contributed by atoms with E-state index in [-0.39, 0.29) is 11.8 Å². The molecule has 0 aliphatic heterocycles. The van der Waals surface area contributed by atoms with Crippen molar-refractivity contribution in [2.24, 2.45) is 0 Å². The summed E-state index contributed by atoms with van der Waals surface area (Å²) in [7, 11) is 1.59. The SMILES string of the molecule is CC[C@@H](Oc1ccc(=O)n(-c2ccc(F)cc2)n1)C(=O)NCc1ccc(OC)cc1. The zero-order valence-electron chi connectivity index (χ0n) is 16.7. The van der Waals surface area contributed by atoms with E-state index in [0.29, 0.717) is 18.7 Å². The first-order valence-corrected chi connectivity index (χ1v) is 9.43. The number of rotatable bonds is 8. The van der Waals surface area contributed by atoms with Gasteiger partial charge in [0.05, 0.1) is 12.8 Å². The lowest BCUT2D eigenvalue weighted by molar-refractivity contribution is -0.128. The van der Waals surface area contributed by atoms with Crippen LogP contribution in [-0.2, 0) is 11.3 Å². The van der Waals surface area contributed by atoms with Gasteiger partial charge in [0.15, 0.2) is 6.10 Å². The highest BCUT2D eigenvalue weighted by Gasteiger charge is 2.19. The molecule has 0 radical (unpaired) electrons. The highest BCUT2D eigenvalue weighted by atomic mass is 19.1. The Kier molecular flexibility index (Phi) is 6.79. The molecule has 0 aliphatic rings. The van der Waals surface area contributed by atoms with Crippen LogP contribution in [-0.4, -0.2) is 28.9 Å². The fraction of sp³-hybridized carbons (Fsp3) is 0.227. The van der Waals surface area contributed by atoms with Crippen LogP contribution in [0.4, 0.5) is 4.39 Å². The number of amides is 1. The van der Waals surface area contributed by atoms with E-state index < -0.39 is 17.5 Å². The van der Waals surface area contributed by atoms with Gasteiger partial charge >= 0.3 is 0 Å². The van der Waals surface area contributed by atoms with Gasteiger partial charge in [0.25, 0.3) is 11.5 Å². The molecule has 7 nitrogen and oxygen atoms in total. The first-order chi connectivity index (χ1) is 14.5. The Labute approximate surface area is 173 Å². The molecule has 2 aromatic carbocycles. The summed E-state index contributed by atoms with van der Waals surface area (Å²) in [6, 6.07) is 15.4. The number of halogens is 1. The third-order valence-electron chi connectivity index (χ3n) is 4.40. The summed E-state index contributed by atoms with van der Waals surface area (Å²) in [5.74, 6) is 0.140. The van der Waals surface area contributed by atoms with Gasteiger partial charge in [0.1, 0.15) is 11.6 Å². The van der Waals surface area contributed by atoms with E-state index in [1.54, 1.807) is 7.11 Å². The number of ether oxygens (including phenoxy) is 2. The Hall–Kier alpha value is -3.68. The molecule has 1 heterocycles. The average molecular weight is 411 g/mol. The number of benzene rings is 2. The lowest BCUT2D eigenvalue weighted by atomic mass is 10.2. The molecule has 1 aromatic heterocycles. The van der Waals surface area contributed by atoms with Gasteiger partial charge < -0.3 is 14.8 Å². The second-order valence-electron chi connectivity index (χ2n) is 6.48. The Morgan fingerprint density at radius 3 is 2.43 bits per heavy atom. The van der Waals surface area contributed by atoms with Crippen molar-refractivity contribution in [3.8, 4) is 17.3 Å². The van der Waals surface area contributed by atoms with Crippen LogP contribution < -0.4 is 20.3 Å². The minimum Gasteiger partial charge on any atom is -0.497 e. The Morgan fingerprint density at radius 1 is 1.10 bits per heavy atom. The Morgan fingerprint density at radius 2 is 1.80 bits per heavy atom. The summed E-state index contributed by atoms with van der Waals surface area (Å²) in [5, 5.41) is 6.97. The van der Waals surface area contributed by atoms with Crippen LogP contribution >= 0.6 is 0 Å². The van der Waals surface area contributed by atoms with Crippen LogP contribution in [0.3, 0.4) is 0 Å². The van der Waals surface area contributed by atoms with Gasteiger partial charge in [-0.05, 0) is 48.4 Å². The molecule has 0 fully saturated rings. The minimum absolute atomic E-state index is 0.116. The number of nitrogens with one attached hydrogen (secondary N) is 1. The first-order valence-electron chi connectivity index (χ1n) is 9.43. The quantitative estimate of drug-likeness (QED) is 0.616. The molecule has 30 heavy (non-hydrogen) atoms. The van der Waals surface area contributed by atoms with Crippen LogP contribution in [0.1, 0.15) is 18.9 Å². The Bertz CT molecular complexity index is 1050. The lowest BCUT2D eigenvalue weighted by Crippen LogP contribution is -2.38. The van der Waals surface area contributed by atoms with Gasteiger partial charge in [-0.25, -0.2) is 4.39 Å². The average Bonchev–Trinajstić information content (AvgIpc) is 2.78. The van der Waals surface area contributed by atoms with Crippen molar-refractivity contribution < 1.29 is 18.7 Å². The molecule has 1 atom stereocenters. The molecule has 1 amide bonds. The van der Waals surface area contributed by atoms with E-state index in [0.717, 1.165) is 16.0 Å². The monoisotopic (exact) mass is 411 g/mol. The third-order valence-corrected chi connectivity index (χ3v) is 4.40. The molecule has 0 aliphatic carbocycles. The summed E-state index contributed by atoms with van der Waals surface area (Å²) in [4.78, 5) is 24.6. The normalized spacial score (nSPS) is 11.6. The van der Waals surface area contributed by atoms with E-state index in [4.69, 9.17) is 9.47 Å². The highest BCUT2D eigenvalue weighted by Crippen LogP contribution is 2.13. The van der Waals surface area contributed by atoms with E-state index in [1.807, 2.05) is 31.2 Å². The second kappa shape index (κ2) is 9.69. The predicted molar refractivity (Wildman–Crippen MR) is 109 cm³/mol. The topological polar surface area (TPSA) is 82.5 Å². The largest absolute Gasteiger partial charge is 0.497 e. The number of methoxy groups -OCH3 is 1. The number of carbonyl (C=O) groups excluding carboxylic acids is 1. The standard InChI is InChI=1S/C22H22FN3O4/c1-3-19(22(28)24-14-15-4-10-18(29-2)11-5-15)30-20-12-13-21(27)26(25-20)17-8-6-16(23)7-9-17/h4-13,19H,3,14H2,1-2H3,(H,24,28)/t19-/m1/s1. The van der Waals surface area contributed by atoms with E-state index in [1.165, 1.54) is 36.4 Å². The summed E-state index contributed by atoms with van der Waals surface area (Å²) in [6.45, 7) is 2.15. The second-order valence-corrected chi connectivity index (χ2v) is 6.48. The van der Waals surface area contributed by atoms with Gasteiger partial charge in [0.2, 0.25) is 5.88 Å². The molecule has 0 spiro atoms. The molecule has 3 aromatic rings. The summed E-state index contributed by atoms with van der Waals surface area (Å²) in [6.07, 6.45) is -0.374. The molecular formula is C22H22FN3O4. The fourth-order valence-electron chi connectivity index (χ4n) is 2.74. The summed E-state index contributed by atoms with van der Waals surface area (Å²) >= 11 is 0. The van der Waals surface area contributed by atoms with Crippen LogP contribution in [0.25, 0.3) is 5.69 Å². The molecule has 156 valence electrons. The predicted octanol–water partition coefficient (Wildman–Crippen LogP) is 2.85. The number of nitrogens with zero attached hydrogens (tertiary/aromatic N) is 2. The maximum absolute atomic E-state index is 13.1. The number of hydrogen-bond donors (Lipinski definition) is 1. The molecule has 0 unspecified atom stereocenters. The van der Waals surface area contributed by atoms with Crippen LogP contribution in [0, 0.1) is 5.82 Å². The van der Waals surface area contributed by atoms with E-state index in [2.05, 4.69) is 10.4 Å². The van der Waals surface area contributed by atoms with Crippen molar-refractivity contribution in [2.75, 3.05) is 7.11 Å². The Balaban J connectivity index is 1.68. The molecule has 8 heteroatoms. The summed E-state index contributed by atoms with van der Waals surface area (Å²) < 4.78 is 25.1. The molecule has 3 rings (SSSR count).